The molecular weight excluding hydrogens is 344 g/mol. The van der Waals surface area contributed by atoms with E-state index in [0.29, 0.717) is 29.2 Å². The maximum Gasteiger partial charge on any atom is 0.262 e. The Balaban J connectivity index is 1.60. The summed E-state index contributed by atoms with van der Waals surface area (Å²) < 4.78 is 10.8. The van der Waals surface area contributed by atoms with E-state index in [0.717, 1.165) is 25.2 Å². The molecule has 0 spiro atoms. The first-order valence-electron chi connectivity index (χ1n) is 9.21. The summed E-state index contributed by atoms with van der Waals surface area (Å²) >= 11 is 0. The third kappa shape index (κ3) is 5.32. The van der Waals surface area contributed by atoms with Crippen molar-refractivity contribution in [3.8, 4) is 11.6 Å². The highest BCUT2D eigenvalue weighted by atomic mass is 16.5. The van der Waals surface area contributed by atoms with Crippen LogP contribution in [0.4, 0.5) is 11.6 Å². The fraction of sp³-hybridized carbons (Fsp3) is 0.450. The minimum atomic E-state index is -0.257. The predicted molar refractivity (Wildman–Crippen MR) is 104 cm³/mol. The zero-order chi connectivity index (χ0) is 19.2. The van der Waals surface area contributed by atoms with Crippen LogP contribution in [0.25, 0.3) is 0 Å². The lowest BCUT2D eigenvalue weighted by atomic mass is 10.0. The van der Waals surface area contributed by atoms with Gasteiger partial charge in [0.25, 0.3) is 5.91 Å². The Morgan fingerprint density at radius 1 is 1.33 bits per heavy atom. The second-order valence-electron chi connectivity index (χ2n) is 6.91. The Morgan fingerprint density at radius 3 is 2.96 bits per heavy atom. The SMILES string of the molecule is COc1cccc(NC(=O)COc2cc(C)nc(N3CCCC(C)C3)n2)c1. The van der Waals surface area contributed by atoms with Crippen molar-refractivity contribution in [2.24, 2.45) is 5.92 Å². The van der Waals surface area contributed by atoms with Crippen molar-refractivity contribution in [3.63, 3.8) is 0 Å². The molecule has 1 atom stereocenters. The molecule has 0 bridgehead atoms. The van der Waals surface area contributed by atoms with Crippen LogP contribution in [0.3, 0.4) is 0 Å². The monoisotopic (exact) mass is 370 g/mol. The highest BCUT2D eigenvalue weighted by Gasteiger charge is 2.19. The number of hydrogen-bond acceptors (Lipinski definition) is 6. The molecule has 1 amide bonds. The highest BCUT2D eigenvalue weighted by Crippen LogP contribution is 2.22. The third-order valence-corrected chi connectivity index (χ3v) is 4.46. The van der Waals surface area contributed by atoms with Crippen LogP contribution < -0.4 is 19.7 Å². The quantitative estimate of drug-likeness (QED) is 0.842. The maximum absolute atomic E-state index is 12.2. The summed E-state index contributed by atoms with van der Waals surface area (Å²) in [5.41, 5.74) is 1.48. The number of carbonyl (C=O) groups is 1. The number of benzene rings is 1. The number of anilines is 2. The van der Waals surface area contributed by atoms with Gasteiger partial charge in [-0.2, -0.15) is 4.98 Å². The van der Waals surface area contributed by atoms with E-state index in [1.165, 1.54) is 6.42 Å². The number of nitrogens with zero attached hydrogens (tertiary/aromatic N) is 3. The molecule has 0 saturated carbocycles. The molecule has 1 aliphatic rings. The molecule has 1 unspecified atom stereocenters. The number of hydrogen-bond donors (Lipinski definition) is 1. The van der Waals surface area contributed by atoms with Crippen LogP contribution in [0.1, 0.15) is 25.5 Å². The summed E-state index contributed by atoms with van der Waals surface area (Å²) in [4.78, 5) is 23.4. The maximum atomic E-state index is 12.2. The number of piperidine rings is 1. The van der Waals surface area contributed by atoms with Crippen molar-refractivity contribution in [3.05, 3.63) is 36.0 Å². The van der Waals surface area contributed by atoms with Crippen LogP contribution in [-0.2, 0) is 4.79 Å². The normalized spacial score (nSPS) is 16.7. The van der Waals surface area contributed by atoms with Crippen LogP contribution in [0.15, 0.2) is 30.3 Å². The second kappa shape index (κ2) is 8.70. The lowest BCUT2D eigenvalue weighted by molar-refractivity contribution is -0.118. The summed E-state index contributed by atoms with van der Waals surface area (Å²) in [5, 5.41) is 2.79. The van der Waals surface area contributed by atoms with Gasteiger partial charge in [-0.1, -0.05) is 13.0 Å². The van der Waals surface area contributed by atoms with Crippen molar-refractivity contribution in [2.75, 3.05) is 37.0 Å². The molecule has 7 nitrogen and oxygen atoms in total. The number of ether oxygens (including phenoxy) is 2. The number of methoxy groups -OCH3 is 1. The first-order chi connectivity index (χ1) is 13.0. The van der Waals surface area contributed by atoms with E-state index >= 15 is 0 Å². The van der Waals surface area contributed by atoms with Gasteiger partial charge < -0.3 is 19.7 Å². The van der Waals surface area contributed by atoms with Crippen molar-refractivity contribution in [2.45, 2.75) is 26.7 Å². The summed E-state index contributed by atoms with van der Waals surface area (Å²) in [6, 6.07) is 8.93. The van der Waals surface area contributed by atoms with Gasteiger partial charge in [0.1, 0.15) is 5.75 Å². The zero-order valence-electron chi connectivity index (χ0n) is 16.1. The predicted octanol–water partition coefficient (Wildman–Crippen LogP) is 3.05. The van der Waals surface area contributed by atoms with E-state index in [1.54, 1.807) is 25.3 Å². The molecule has 1 saturated heterocycles. The molecule has 2 aromatic rings. The fourth-order valence-corrected chi connectivity index (χ4v) is 3.15. The number of amides is 1. The molecule has 0 radical (unpaired) electrons. The standard InChI is InChI=1S/C20H26N4O3/c1-14-6-5-9-24(12-14)20-21-15(2)10-19(23-20)27-13-18(25)22-16-7-4-8-17(11-16)26-3/h4,7-8,10-11,14H,5-6,9,12-13H2,1-3H3,(H,22,25). The molecule has 144 valence electrons. The van der Waals surface area contributed by atoms with E-state index in [-0.39, 0.29) is 12.5 Å². The third-order valence-electron chi connectivity index (χ3n) is 4.46. The minimum absolute atomic E-state index is 0.122. The van der Waals surface area contributed by atoms with Crippen LogP contribution in [0.2, 0.25) is 0 Å². The van der Waals surface area contributed by atoms with Crippen molar-refractivity contribution >= 4 is 17.5 Å². The summed E-state index contributed by atoms with van der Waals surface area (Å²) in [5.74, 6) is 2.13. The Hall–Kier alpha value is -2.83. The van der Waals surface area contributed by atoms with Gasteiger partial charge in [0.2, 0.25) is 11.8 Å². The molecule has 1 N–H and O–H groups in total. The van der Waals surface area contributed by atoms with Gasteiger partial charge in [-0.05, 0) is 37.8 Å². The molecule has 1 aromatic heterocycles. The zero-order valence-corrected chi connectivity index (χ0v) is 16.1. The van der Waals surface area contributed by atoms with Gasteiger partial charge in [0, 0.05) is 36.6 Å². The topological polar surface area (TPSA) is 76.6 Å². The van der Waals surface area contributed by atoms with Crippen molar-refractivity contribution in [1.29, 1.82) is 0 Å². The second-order valence-corrected chi connectivity index (χ2v) is 6.91. The van der Waals surface area contributed by atoms with E-state index < -0.39 is 0 Å². The van der Waals surface area contributed by atoms with Gasteiger partial charge in [-0.25, -0.2) is 4.98 Å². The fourth-order valence-electron chi connectivity index (χ4n) is 3.15. The summed E-state index contributed by atoms with van der Waals surface area (Å²) in [6.07, 6.45) is 2.37. The first kappa shape index (κ1) is 18.9. The lowest BCUT2D eigenvalue weighted by Crippen LogP contribution is -2.35. The Bertz CT molecular complexity index is 797. The number of nitrogens with one attached hydrogen (secondary N) is 1. The molecule has 1 aliphatic heterocycles. The number of aryl methyl sites for hydroxylation is 1. The molecule has 27 heavy (non-hydrogen) atoms. The van der Waals surface area contributed by atoms with Crippen LogP contribution in [0.5, 0.6) is 11.6 Å². The molecule has 3 rings (SSSR count). The molecule has 1 aromatic carbocycles. The van der Waals surface area contributed by atoms with Gasteiger partial charge in [-0.3, -0.25) is 4.79 Å². The average molecular weight is 370 g/mol. The molecule has 2 heterocycles. The highest BCUT2D eigenvalue weighted by molar-refractivity contribution is 5.92. The molecular formula is C20H26N4O3. The Kier molecular flexibility index (Phi) is 6.11. The number of rotatable bonds is 6. The summed E-state index contributed by atoms with van der Waals surface area (Å²) in [6.45, 7) is 5.91. The van der Waals surface area contributed by atoms with Gasteiger partial charge in [0.05, 0.1) is 7.11 Å². The van der Waals surface area contributed by atoms with E-state index in [9.17, 15) is 4.79 Å². The van der Waals surface area contributed by atoms with Crippen molar-refractivity contribution < 1.29 is 14.3 Å². The largest absolute Gasteiger partial charge is 0.497 e. The van der Waals surface area contributed by atoms with E-state index in [4.69, 9.17) is 9.47 Å². The van der Waals surface area contributed by atoms with Crippen LogP contribution in [-0.4, -0.2) is 42.7 Å². The molecule has 1 fully saturated rings. The molecule has 7 heteroatoms. The van der Waals surface area contributed by atoms with E-state index in [2.05, 4.69) is 27.1 Å². The average Bonchev–Trinajstić information content (AvgIpc) is 2.66. The van der Waals surface area contributed by atoms with Crippen molar-refractivity contribution in [1.82, 2.24) is 9.97 Å². The number of carbonyl (C=O) groups excluding carboxylic acids is 1. The van der Waals surface area contributed by atoms with Crippen LogP contribution >= 0.6 is 0 Å². The van der Waals surface area contributed by atoms with E-state index in [1.807, 2.05) is 19.1 Å². The number of aromatic nitrogens is 2. The smallest absolute Gasteiger partial charge is 0.262 e. The lowest BCUT2D eigenvalue weighted by Gasteiger charge is -2.31. The van der Waals surface area contributed by atoms with Gasteiger partial charge in [0.15, 0.2) is 6.61 Å². The van der Waals surface area contributed by atoms with Crippen LogP contribution in [0, 0.1) is 12.8 Å². The van der Waals surface area contributed by atoms with Gasteiger partial charge in [-0.15, -0.1) is 0 Å². The Labute approximate surface area is 159 Å². The first-order valence-corrected chi connectivity index (χ1v) is 9.21. The molecule has 0 aliphatic carbocycles. The Morgan fingerprint density at radius 2 is 2.19 bits per heavy atom. The summed E-state index contributed by atoms with van der Waals surface area (Å²) in [7, 11) is 1.59. The van der Waals surface area contributed by atoms with Gasteiger partial charge >= 0.3 is 0 Å². The minimum Gasteiger partial charge on any atom is -0.497 e.